The Morgan fingerprint density at radius 2 is 2.00 bits per heavy atom. The predicted molar refractivity (Wildman–Crippen MR) is 39.8 cm³/mol. The molecule has 0 saturated carbocycles. The second-order valence-corrected chi connectivity index (χ2v) is 3.04. The standard InChI is InChI=1S/C7H13BO2/c1-4-5(2)7(8)10-6(4)3-9/h4-7,9H,3H2,1-2H3. The molecule has 0 bridgehead atoms. The minimum atomic E-state index is -0.188. The van der Waals surface area contributed by atoms with E-state index in [4.69, 9.17) is 17.7 Å². The second kappa shape index (κ2) is 2.93. The lowest BCUT2D eigenvalue weighted by molar-refractivity contribution is 0.0286. The second-order valence-electron chi connectivity index (χ2n) is 3.04. The zero-order valence-corrected chi connectivity index (χ0v) is 6.45. The molecule has 0 aromatic heterocycles. The van der Waals surface area contributed by atoms with E-state index in [2.05, 4.69) is 6.92 Å². The van der Waals surface area contributed by atoms with Crippen LogP contribution in [0.4, 0.5) is 0 Å². The Balaban J connectivity index is 2.53. The maximum absolute atomic E-state index is 8.79. The van der Waals surface area contributed by atoms with Crippen LogP contribution < -0.4 is 0 Å². The largest absolute Gasteiger partial charge is 0.394 e. The maximum Gasteiger partial charge on any atom is 0.109 e. The average Bonchev–Trinajstić information content (AvgIpc) is 2.17. The van der Waals surface area contributed by atoms with Gasteiger partial charge in [-0.25, -0.2) is 0 Å². The van der Waals surface area contributed by atoms with Crippen molar-refractivity contribution in [1.82, 2.24) is 0 Å². The van der Waals surface area contributed by atoms with Crippen LogP contribution in [-0.4, -0.2) is 31.7 Å². The topological polar surface area (TPSA) is 29.5 Å². The Kier molecular flexibility index (Phi) is 2.37. The van der Waals surface area contributed by atoms with Gasteiger partial charge in [-0.1, -0.05) is 13.8 Å². The summed E-state index contributed by atoms with van der Waals surface area (Å²) in [6.07, 6.45) is -0.0509. The van der Waals surface area contributed by atoms with Gasteiger partial charge in [0.15, 0.2) is 0 Å². The molecule has 1 heterocycles. The Morgan fingerprint density at radius 1 is 1.40 bits per heavy atom. The third-order valence-corrected chi connectivity index (χ3v) is 2.45. The van der Waals surface area contributed by atoms with Gasteiger partial charge in [0.2, 0.25) is 0 Å². The van der Waals surface area contributed by atoms with Gasteiger partial charge in [0, 0.05) is 6.00 Å². The molecule has 1 N–H and O–H groups in total. The smallest absolute Gasteiger partial charge is 0.109 e. The van der Waals surface area contributed by atoms with Crippen LogP contribution in [0.25, 0.3) is 0 Å². The van der Waals surface area contributed by atoms with E-state index >= 15 is 0 Å². The van der Waals surface area contributed by atoms with Gasteiger partial charge in [-0.05, 0) is 11.8 Å². The summed E-state index contributed by atoms with van der Waals surface area (Å²) in [4.78, 5) is 0. The first-order valence-corrected chi connectivity index (χ1v) is 3.68. The van der Waals surface area contributed by atoms with Crippen molar-refractivity contribution >= 4 is 7.85 Å². The number of ether oxygens (including phenoxy) is 1. The lowest BCUT2D eigenvalue weighted by Crippen LogP contribution is -2.19. The van der Waals surface area contributed by atoms with Crippen LogP contribution in [0, 0.1) is 11.8 Å². The Labute approximate surface area is 63.0 Å². The number of aliphatic hydroxyl groups is 1. The van der Waals surface area contributed by atoms with E-state index in [-0.39, 0.29) is 18.7 Å². The molecule has 0 aliphatic carbocycles. The molecule has 1 fully saturated rings. The zero-order chi connectivity index (χ0) is 7.72. The molecule has 2 nitrogen and oxygen atoms in total. The fraction of sp³-hybridized carbons (Fsp3) is 1.00. The van der Waals surface area contributed by atoms with Gasteiger partial charge >= 0.3 is 0 Å². The minimum Gasteiger partial charge on any atom is -0.394 e. The Bertz CT molecular complexity index is 118. The van der Waals surface area contributed by atoms with Crippen molar-refractivity contribution in [2.24, 2.45) is 11.8 Å². The molecular weight excluding hydrogens is 127 g/mol. The molecule has 1 aliphatic heterocycles. The summed E-state index contributed by atoms with van der Waals surface area (Å²) in [7, 11) is 5.60. The Hall–Kier alpha value is -0.0151. The van der Waals surface area contributed by atoms with E-state index in [0.29, 0.717) is 11.8 Å². The summed E-state index contributed by atoms with van der Waals surface area (Å²) < 4.78 is 5.26. The molecule has 0 amide bonds. The monoisotopic (exact) mass is 140 g/mol. The summed E-state index contributed by atoms with van der Waals surface area (Å²) in [5.74, 6) is 0.733. The van der Waals surface area contributed by atoms with Crippen LogP contribution >= 0.6 is 0 Å². The van der Waals surface area contributed by atoms with Crippen molar-refractivity contribution in [3.05, 3.63) is 0 Å². The van der Waals surface area contributed by atoms with Gasteiger partial charge in [-0.15, -0.1) is 0 Å². The van der Waals surface area contributed by atoms with Crippen molar-refractivity contribution < 1.29 is 9.84 Å². The van der Waals surface area contributed by atoms with E-state index in [1.807, 2.05) is 6.92 Å². The summed E-state index contributed by atoms with van der Waals surface area (Å²) in [5, 5.41) is 8.79. The first-order chi connectivity index (χ1) is 4.66. The number of aliphatic hydroxyl groups excluding tert-OH is 1. The maximum atomic E-state index is 8.79. The highest BCUT2D eigenvalue weighted by Crippen LogP contribution is 2.29. The number of rotatable bonds is 1. The SMILES string of the molecule is [B]C1OC(CO)C(C)C1C. The molecule has 56 valence electrons. The van der Waals surface area contributed by atoms with Crippen LogP contribution in [0.1, 0.15) is 13.8 Å². The first kappa shape index (κ1) is 8.09. The van der Waals surface area contributed by atoms with Crippen LogP contribution in [0.15, 0.2) is 0 Å². The molecule has 1 rings (SSSR count). The lowest BCUT2D eigenvalue weighted by atomic mass is 9.82. The normalized spacial score (nSPS) is 47.9. The zero-order valence-electron chi connectivity index (χ0n) is 6.45. The van der Waals surface area contributed by atoms with Crippen molar-refractivity contribution in [3.63, 3.8) is 0 Å². The molecule has 0 aromatic rings. The first-order valence-electron chi connectivity index (χ1n) is 3.68. The van der Waals surface area contributed by atoms with Gasteiger partial charge in [-0.2, -0.15) is 0 Å². The molecule has 1 saturated heterocycles. The summed E-state index contributed by atoms with van der Waals surface area (Å²) in [6.45, 7) is 4.18. The van der Waals surface area contributed by atoms with Crippen molar-refractivity contribution in [2.45, 2.75) is 26.0 Å². The van der Waals surface area contributed by atoms with Crippen molar-refractivity contribution in [1.29, 1.82) is 0 Å². The summed E-state index contributed by atoms with van der Waals surface area (Å²) in [5.41, 5.74) is 0. The fourth-order valence-corrected chi connectivity index (χ4v) is 1.30. The van der Waals surface area contributed by atoms with Gasteiger partial charge in [0.1, 0.15) is 7.85 Å². The van der Waals surface area contributed by atoms with E-state index in [9.17, 15) is 0 Å². The highest BCUT2D eigenvalue weighted by atomic mass is 16.5. The van der Waals surface area contributed by atoms with Crippen molar-refractivity contribution in [3.8, 4) is 0 Å². The third kappa shape index (κ3) is 1.20. The molecule has 1 aliphatic rings. The Morgan fingerprint density at radius 3 is 2.20 bits per heavy atom. The van der Waals surface area contributed by atoms with Gasteiger partial charge in [0.25, 0.3) is 0 Å². The molecule has 2 radical (unpaired) electrons. The van der Waals surface area contributed by atoms with Crippen LogP contribution in [0.2, 0.25) is 0 Å². The molecule has 0 spiro atoms. The number of hydrogen-bond acceptors (Lipinski definition) is 2. The van der Waals surface area contributed by atoms with Crippen LogP contribution in [-0.2, 0) is 4.74 Å². The lowest BCUT2D eigenvalue weighted by Gasteiger charge is -2.12. The molecular formula is C7H13BO2. The minimum absolute atomic E-state index is 0.0509. The van der Waals surface area contributed by atoms with Crippen LogP contribution in [0.5, 0.6) is 0 Å². The quantitative estimate of drug-likeness (QED) is 0.525. The summed E-state index contributed by atoms with van der Waals surface area (Å²) >= 11 is 0. The van der Waals surface area contributed by atoms with Gasteiger partial charge in [0.05, 0.1) is 12.7 Å². The highest BCUT2D eigenvalue weighted by Gasteiger charge is 2.35. The fourth-order valence-electron chi connectivity index (χ4n) is 1.30. The molecule has 4 unspecified atom stereocenters. The molecule has 4 atom stereocenters. The third-order valence-electron chi connectivity index (χ3n) is 2.45. The van der Waals surface area contributed by atoms with E-state index in [0.717, 1.165) is 0 Å². The average molecular weight is 140 g/mol. The van der Waals surface area contributed by atoms with Gasteiger partial charge < -0.3 is 9.84 Å². The van der Waals surface area contributed by atoms with E-state index in [1.165, 1.54) is 0 Å². The van der Waals surface area contributed by atoms with Crippen molar-refractivity contribution in [2.75, 3.05) is 6.61 Å². The summed E-state index contributed by atoms with van der Waals surface area (Å²) in [6, 6.07) is -0.188. The van der Waals surface area contributed by atoms with Crippen LogP contribution in [0.3, 0.4) is 0 Å². The number of hydrogen-bond donors (Lipinski definition) is 1. The van der Waals surface area contributed by atoms with E-state index < -0.39 is 0 Å². The molecule has 0 aromatic carbocycles. The molecule has 3 heteroatoms. The molecule has 10 heavy (non-hydrogen) atoms. The van der Waals surface area contributed by atoms with Gasteiger partial charge in [-0.3, -0.25) is 0 Å². The predicted octanol–water partition coefficient (Wildman–Crippen LogP) is 0.144. The van der Waals surface area contributed by atoms with E-state index in [1.54, 1.807) is 0 Å². The highest BCUT2D eigenvalue weighted by molar-refractivity contribution is 6.11.